The first-order valence-corrected chi connectivity index (χ1v) is 5.54. The van der Waals surface area contributed by atoms with E-state index in [0.29, 0.717) is 0 Å². The van der Waals surface area contributed by atoms with Gasteiger partial charge >= 0.3 is 5.97 Å². The maximum absolute atomic E-state index is 13.6. The first-order chi connectivity index (χ1) is 8.11. The number of nitrogens with one attached hydrogen (secondary N) is 1. The Bertz CT molecular complexity index is 444. The lowest BCUT2D eigenvalue weighted by Gasteiger charge is -2.11. The summed E-state index contributed by atoms with van der Waals surface area (Å²) in [6, 6.07) is 1.92. The number of benzene rings is 1. The zero-order valence-electron chi connectivity index (χ0n) is 9.43. The number of hydrogen-bond donors (Lipinski definition) is 1. The topological polar surface area (TPSA) is 38.3 Å². The number of esters is 1. The van der Waals surface area contributed by atoms with Crippen LogP contribution >= 0.6 is 0 Å². The van der Waals surface area contributed by atoms with Gasteiger partial charge in [-0.05, 0) is 25.8 Å². The summed E-state index contributed by atoms with van der Waals surface area (Å²) >= 11 is 0. The van der Waals surface area contributed by atoms with Crippen molar-refractivity contribution in [2.75, 3.05) is 11.9 Å². The molecule has 0 radical (unpaired) electrons. The van der Waals surface area contributed by atoms with Crippen LogP contribution in [0.4, 0.5) is 14.5 Å². The summed E-state index contributed by atoms with van der Waals surface area (Å²) in [6.07, 6.45) is 1.86. The molecule has 0 spiro atoms. The van der Waals surface area contributed by atoms with Crippen LogP contribution < -0.4 is 5.32 Å². The van der Waals surface area contributed by atoms with Gasteiger partial charge in [-0.3, -0.25) is 0 Å². The zero-order valence-corrected chi connectivity index (χ0v) is 9.43. The van der Waals surface area contributed by atoms with Crippen LogP contribution in [0.1, 0.15) is 30.1 Å². The van der Waals surface area contributed by atoms with Gasteiger partial charge in [0, 0.05) is 12.1 Å². The third-order valence-electron chi connectivity index (χ3n) is 2.48. The standard InChI is InChI=1S/C12H13F2NO2/c1-2-17-12(16)9-5-7(13)6-10(14)11(9)15-8-3-4-8/h5-6,8,15H,2-4H2,1H3. The van der Waals surface area contributed by atoms with Gasteiger partial charge in [0.15, 0.2) is 0 Å². The van der Waals surface area contributed by atoms with Crippen molar-refractivity contribution < 1.29 is 18.3 Å². The van der Waals surface area contributed by atoms with Crippen LogP contribution in [0, 0.1) is 11.6 Å². The van der Waals surface area contributed by atoms with Gasteiger partial charge in [-0.25, -0.2) is 13.6 Å². The molecule has 0 aromatic heterocycles. The van der Waals surface area contributed by atoms with Gasteiger partial charge in [-0.1, -0.05) is 0 Å². The number of carbonyl (C=O) groups is 1. The molecule has 1 fully saturated rings. The molecule has 1 aromatic rings. The highest BCUT2D eigenvalue weighted by Crippen LogP contribution is 2.29. The maximum Gasteiger partial charge on any atom is 0.340 e. The minimum absolute atomic E-state index is 0.0346. The number of anilines is 1. The number of ether oxygens (including phenoxy) is 1. The molecular formula is C12H13F2NO2. The molecule has 0 aliphatic heterocycles. The number of halogens is 2. The van der Waals surface area contributed by atoms with Crippen LogP contribution in [0.2, 0.25) is 0 Å². The molecular weight excluding hydrogens is 228 g/mol. The third-order valence-corrected chi connectivity index (χ3v) is 2.48. The Morgan fingerprint density at radius 2 is 2.18 bits per heavy atom. The van der Waals surface area contributed by atoms with Crippen LogP contribution in [0.3, 0.4) is 0 Å². The molecule has 1 aliphatic rings. The van der Waals surface area contributed by atoms with Crippen LogP contribution in [0.25, 0.3) is 0 Å². The van der Waals surface area contributed by atoms with Crippen molar-refractivity contribution in [3.05, 3.63) is 29.3 Å². The first kappa shape index (κ1) is 11.8. The second-order valence-electron chi connectivity index (χ2n) is 3.95. The highest BCUT2D eigenvalue weighted by atomic mass is 19.1. The quantitative estimate of drug-likeness (QED) is 0.824. The summed E-state index contributed by atoms with van der Waals surface area (Å²) in [5, 5.41) is 2.88. The molecule has 92 valence electrons. The van der Waals surface area contributed by atoms with Crippen LogP contribution in [-0.4, -0.2) is 18.6 Å². The molecule has 0 heterocycles. The fraction of sp³-hybridized carbons (Fsp3) is 0.417. The zero-order chi connectivity index (χ0) is 12.4. The van der Waals surface area contributed by atoms with Crippen molar-refractivity contribution in [2.24, 2.45) is 0 Å². The summed E-state index contributed by atoms with van der Waals surface area (Å²) in [5.74, 6) is -2.26. The van der Waals surface area contributed by atoms with Gasteiger partial charge in [0.2, 0.25) is 0 Å². The highest BCUT2D eigenvalue weighted by Gasteiger charge is 2.26. The van der Waals surface area contributed by atoms with Crippen molar-refractivity contribution in [3.63, 3.8) is 0 Å². The molecule has 2 rings (SSSR count). The molecule has 17 heavy (non-hydrogen) atoms. The van der Waals surface area contributed by atoms with E-state index in [1.807, 2.05) is 0 Å². The normalized spacial score (nSPS) is 14.5. The molecule has 1 saturated carbocycles. The Kier molecular flexibility index (Phi) is 3.26. The smallest absolute Gasteiger partial charge is 0.340 e. The highest BCUT2D eigenvalue weighted by molar-refractivity contribution is 5.96. The largest absolute Gasteiger partial charge is 0.462 e. The maximum atomic E-state index is 13.6. The van der Waals surface area contributed by atoms with Gasteiger partial charge in [0.25, 0.3) is 0 Å². The molecule has 0 saturated heterocycles. The van der Waals surface area contributed by atoms with E-state index < -0.39 is 17.6 Å². The van der Waals surface area contributed by atoms with Crippen LogP contribution in [0.5, 0.6) is 0 Å². The summed E-state index contributed by atoms with van der Waals surface area (Å²) in [6.45, 7) is 1.81. The number of rotatable bonds is 4. The number of carbonyl (C=O) groups excluding carboxylic acids is 1. The predicted molar refractivity (Wildman–Crippen MR) is 59.0 cm³/mol. The van der Waals surface area contributed by atoms with Gasteiger partial charge in [0.1, 0.15) is 11.6 Å². The second kappa shape index (κ2) is 4.69. The van der Waals surface area contributed by atoms with E-state index in [4.69, 9.17) is 4.74 Å². The molecule has 0 unspecified atom stereocenters. The summed E-state index contributed by atoms with van der Waals surface area (Å²) in [4.78, 5) is 11.6. The van der Waals surface area contributed by atoms with Crippen molar-refractivity contribution in [1.82, 2.24) is 0 Å². The van der Waals surface area contributed by atoms with Crippen LogP contribution in [0.15, 0.2) is 12.1 Å². The Hall–Kier alpha value is -1.65. The Balaban J connectivity index is 2.34. The van der Waals surface area contributed by atoms with E-state index in [1.165, 1.54) is 0 Å². The van der Waals surface area contributed by atoms with E-state index in [-0.39, 0.29) is 23.9 Å². The molecule has 3 nitrogen and oxygen atoms in total. The minimum Gasteiger partial charge on any atom is -0.462 e. The Labute approximate surface area is 97.8 Å². The lowest BCUT2D eigenvalue weighted by atomic mass is 10.1. The SMILES string of the molecule is CCOC(=O)c1cc(F)cc(F)c1NC1CC1. The van der Waals surface area contributed by atoms with Gasteiger partial charge < -0.3 is 10.1 Å². The average molecular weight is 241 g/mol. The number of hydrogen-bond acceptors (Lipinski definition) is 3. The molecule has 5 heteroatoms. The molecule has 1 aliphatic carbocycles. The van der Waals surface area contributed by atoms with E-state index in [1.54, 1.807) is 6.92 Å². The minimum atomic E-state index is -0.785. The van der Waals surface area contributed by atoms with Gasteiger partial charge in [-0.15, -0.1) is 0 Å². The summed E-state index contributed by atoms with van der Waals surface area (Å²) < 4.78 is 31.4. The fourth-order valence-electron chi connectivity index (χ4n) is 1.52. The lowest BCUT2D eigenvalue weighted by Crippen LogP contribution is -2.13. The molecule has 1 N–H and O–H groups in total. The van der Waals surface area contributed by atoms with E-state index >= 15 is 0 Å². The molecule has 1 aromatic carbocycles. The molecule has 0 bridgehead atoms. The van der Waals surface area contributed by atoms with Gasteiger partial charge in [-0.2, -0.15) is 0 Å². The monoisotopic (exact) mass is 241 g/mol. The average Bonchev–Trinajstić information content (AvgIpc) is 3.05. The summed E-state index contributed by atoms with van der Waals surface area (Å²) in [5.41, 5.74) is -0.0522. The Morgan fingerprint density at radius 3 is 2.76 bits per heavy atom. The molecule has 0 atom stereocenters. The van der Waals surface area contributed by atoms with Gasteiger partial charge in [0.05, 0.1) is 17.9 Å². The lowest BCUT2D eigenvalue weighted by molar-refractivity contribution is 0.0526. The van der Waals surface area contributed by atoms with Crippen LogP contribution in [-0.2, 0) is 4.74 Å². The van der Waals surface area contributed by atoms with Crippen molar-refractivity contribution in [3.8, 4) is 0 Å². The van der Waals surface area contributed by atoms with Crippen molar-refractivity contribution >= 4 is 11.7 Å². The van der Waals surface area contributed by atoms with Crippen molar-refractivity contribution in [2.45, 2.75) is 25.8 Å². The van der Waals surface area contributed by atoms with E-state index in [9.17, 15) is 13.6 Å². The molecule has 0 amide bonds. The first-order valence-electron chi connectivity index (χ1n) is 5.54. The predicted octanol–water partition coefficient (Wildman–Crippen LogP) is 2.72. The second-order valence-corrected chi connectivity index (χ2v) is 3.95. The van der Waals surface area contributed by atoms with E-state index in [0.717, 1.165) is 25.0 Å². The summed E-state index contributed by atoms with van der Waals surface area (Å²) in [7, 11) is 0. The fourth-order valence-corrected chi connectivity index (χ4v) is 1.52. The van der Waals surface area contributed by atoms with Crippen molar-refractivity contribution in [1.29, 1.82) is 0 Å². The third kappa shape index (κ3) is 2.72. The van der Waals surface area contributed by atoms with E-state index in [2.05, 4.69) is 5.32 Å². The Morgan fingerprint density at radius 1 is 1.47 bits per heavy atom.